The molecule has 1 aliphatic rings. The summed E-state index contributed by atoms with van der Waals surface area (Å²) < 4.78 is 5.07. The Balaban J connectivity index is 2.33. The Morgan fingerprint density at radius 1 is 1.31 bits per heavy atom. The lowest BCUT2D eigenvalue weighted by molar-refractivity contribution is 0.402. The number of methoxy groups -OCH3 is 1. The number of nitrogens with two attached hydrogens (primary N) is 2. The summed E-state index contributed by atoms with van der Waals surface area (Å²) in [6.45, 7) is 0. The van der Waals surface area contributed by atoms with Crippen LogP contribution in [0.25, 0.3) is 0 Å². The van der Waals surface area contributed by atoms with Gasteiger partial charge in [-0.3, -0.25) is 5.73 Å². The monoisotopic (exact) mass is 218 g/mol. The minimum atomic E-state index is -0.995. The van der Waals surface area contributed by atoms with Crippen molar-refractivity contribution in [3.05, 3.63) is 42.1 Å². The lowest BCUT2D eigenvalue weighted by atomic mass is 10.1. The molecule has 0 saturated heterocycles. The van der Waals surface area contributed by atoms with Crippen LogP contribution in [0.2, 0.25) is 0 Å². The van der Waals surface area contributed by atoms with Gasteiger partial charge in [0.05, 0.1) is 7.11 Å². The molecule has 5 nitrogen and oxygen atoms in total. The maximum absolute atomic E-state index is 6.09. The topological polar surface area (TPSA) is 85.7 Å². The van der Waals surface area contributed by atoms with Crippen molar-refractivity contribution in [2.75, 3.05) is 7.11 Å². The molecular formula is C11H14N4O. The van der Waals surface area contributed by atoms with Gasteiger partial charge in [-0.1, -0.05) is 0 Å². The number of nitrogens with one attached hydrogen (secondary N) is 1. The van der Waals surface area contributed by atoms with E-state index in [0.717, 1.165) is 11.3 Å². The molecule has 1 aliphatic heterocycles. The standard InChI is InChI=1S/C11H14N4O/c1-16-9-4-2-8(3-5-9)11(13)14-7-6-10(12)15-11/h2-7,14H,13H2,1H3,(H2,12,15). The highest BCUT2D eigenvalue weighted by molar-refractivity contribution is 5.92. The van der Waals surface area contributed by atoms with Gasteiger partial charge in [-0.25, -0.2) is 4.99 Å². The van der Waals surface area contributed by atoms with Gasteiger partial charge in [0.1, 0.15) is 11.6 Å². The highest BCUT2D eigenvalue weighted by Gasteiger charge is 2.26. The summed E-state index contributed by atoms with van der Waals surface area (Å²) in [5.74, 6) is 0.179. The first-order chi connectivity index (χ1) is 7.64. The number of rotatable bonds is 2. The van der Waals surface area contributed by atoms with Gasteiger partial charge in [-0.05, 0) is 30.3 Å². The summed E-state index contributed by atoms with van der Waals surface area (Å²) >= 11 is 0. The van der Waals surface area contributed by atoms with E-state index in [1.807, 2.05) is 24.3 Å². The van der Waals surface area contributed by atoms with Crippen LogP contribution in [0, 0.1) is 0 Å². The molecule has 1 heterocycles. The van der Waals surface area contributed by atoms with Crippen molar-refractivity contribution in [2.24, 2.45) is 16.5 Å². The summed E-state index contributed by atoms with van der Waals surface area (Å²) in [5, 5.41) is 2.97. The van der Waals surface area contributed by atoms with E-state index in [4.69, 9.17) is 16.2 Å². The van der Waals surface area contributed by atoms with E-state index in [9.17, 15) is 0 Å². The zero-order valence-corrected chi connectivity index (χ0v) is 8.97. The zero-order chi connectivity index (χ0) is 11.6. The molecule has 0 aliphatic carbocycles. The Hall–Kier alpha value is -2.01. The maximum Gasteiger partial charge on any atom is 0.211 e. The fourth-order valence-electron chi connectivity index (χ4n) is 1.52. The first kappa shape index (κ1) is 10.5. The van der Waals surface area contributed by atoms with E-state index in [1.54, 1.807) is 19.4 Å². The van der Waals surface area contributed by atoms with Crippen LogP contribution in [0.15, 0.2) is 41.5 Å². The van der Waals surface area contributed by atoms with Crippen LogP contribution in [0.3, 0.4) is 0 Å². The Bertz CT molecular complexity index is 438. The molecule has 84 valence electrons. The third kappa shape index (κ3) is 1.85. The Morgan fingerprint density at radius 3 is 2.56 bits per heavy atom. The van der Waals surface area contributed by atoms with Crippen molar-refractivity contribution in [1.82, 2.24) is 5.32 Å². The van der Waals surface area contributed by atoms with E-state index < -0.39 is 5.79 Å². The molecule has 0 spiro atoms. The van der Waals surface area contributed by atoms with Crippen molar-refractivity contribution in [3.8, 4) is 5.75 Å². The quantitative estimate of drug-likeness (QED) is 0.663. The minimum Gasteiger partial charge on any atom is -0.497 e. The first-order valence-electron chi connectivity index (χ1n) is 4.87. The Labute approximate surface area is 93.8 Å². The van der Waals surface area contributed by atoms with Gasteiger partial charge < -0.3 is 15.8 Å². The summed E-state index contributed by atoms with van der Waals surface area (Å²) in [7, 11) is 1.62. The van der Waals surface area contributed by atoms with Crippen LogP contribution in [0.5, 0.6) is 5.75 Å². The van der Waals surface area contributed by atoms with Crippen molar-refractivity contribution in [3.63, 3.8) is 0 Å². The zero-order valence-electron chi connectivity index (χ0n) is 8.97. The SMILES string of the molecule is COc1ccc(C2(N)N=C(N)C=CN2)cc1. The minimum absolute atomic E-state index is 0.400. The van der Waals surface area contributed by atoms with Crippen LogP contribution in [-0.2, 0) is 5.79 Å². The number of aliphatic imine (C=N–C) groups is 1. The average molecular weight is 218 g/mol. The maximum atomic E-state index is 6.09. The molecule has 5 heteroatoms. The number of hydrogen-bond donors (Lipinski definition) is 3. The smallest absolute Gasteiger partial charge is 0.211 e. The van der Waals surface area contributed by atoms with Gasteiger partial charge in [-0.2, -0.15) is 0 Å². The molecule has 16 heavy (non-hydrogen) atoms. The van der Waals surface area contributed by atoms with Gasteiger partial charge >= 0.3 is 0 Å². The second-order valence-corrected chi connectivity index (χ2v) is 3.51. The van der Waals surface area contributed by atoms with Crippen LogP contribution in [0.4, 0.5) is 0 Å². The highest BCUT2D eigenvalue weighted by atomic mass is 16.5. The van der Waals surface area contributed by atoms with Crippen LogP contribution < -0.4 is 21.5 Å². The first-order valence-corrected chi connectivity index (χ1v) is 4.87. The Morgan fingerprint density at radius 2 is 2.00 bits per heavy atom. The fraction of sp³-hybridized carbons (Fsp3) is 0.182. The van der Waals surface area contributed by atoms with E-state index >= 15 is 0 Å². The number of hydrogen-bond acceptors (Lipinski definition) is 5. The van der Waals surface area contributed by atoms with Crippen molar-refractivity contribution >= 4 is 5.84 Å². The van der Waals surface area contributed by atoms with E-state index in [-0.39, 0.29) is 0 Å². The van der Waals surface area contributed by atoms with E-state index in [2.05, 4.69) is 10.3 Å². The Kier molecular flexibility index (Phi) is 2.54. The molecule has 1 unspecified atom stereocenters. The van der Waals surface area contributed by atoms with Gasteiger partial charge in [0, 0.05) is 11.8 Å². The van der Waals surface area contributed by atoms with Gasteiger partial charge in [0.15, 0.2) is 0 Å². The van der Waals surface area contributed by atoms with Crippen molar-refractivity contribution in [2.45, 2.75) is 5.79 Å². The third-order valence-corrected chi connectivity index (χ3v) is 2.39. The van der Waals surface area contributed by atoms with Crippen LogP contribution >= 0.6 is 0 Å². The highest BCUT2D eigenvalue weighted by Crippen LogP contribution is 2.21. The molecule has 1 atom stereocenters. The van der Waals surface area contributed by atoms with E-state index in [1.165, 1.54) is 0 Å². The number of amidine groups is 1. The molecule has 0 radical (unpaired) electrons. The molecule has 0 fully saturated rings. The van der Waals surface area contributed by atoms with Crippen molar-refractivity contribution in [1.29, 1.82) is 0 Å². The molecule has 0 bridgehead atoms. The second kappa shape index (κ2) is 3.86. The van der Waals surface area contributed by atoms with Crippen LogP contribution in [0.1, 0.15) is 5.56 Å². The fourth-order valence-corrected chi connectivity index (χ4v) is 1.52. The molecule has 0 aromatic heterocycles. The van der Waals surface area contributed by atoms with Gasteiger partial charge in [0.25, 0.3) is 0 Å². The van der Waals surface area contributed by atoms with Gasteiger partial charge in [-0.15, -0.1) is 0 Å². The molecule has 0 saturated carbocycles. The normalized spacial score (nSPS) is 23.5. The molecule has 5 N–H and O–H groups in total. The number of benzene rings is 1. The lowest BCUT2D eigenvalue weighted by Gasteiger charge is -2.28. The predicted molar refractivity (Wildman–Crippen MR) is 62.8 cm³/mol. The second-order valence-electron chi connectivity index (χ2n) is 3.51. The lowest BCUT2D eigenvalue weighted by Crippen LogP contribution is -2.49. The van der Waals surface area contributed by atoms with E-state index in [0.29, 0.717) is 5.84 Å². The largest absolute Gasteiger partial charge is 0.497 e. The van der Waals surface area contributed by atoms with Crippen LogP contribution in [-0.4, -0.2) is 12.9 Å². The average Bonchev–Trinajstić information content (AvgIpc) is 2.29. The van der Waals surface area contributed by atoms with Crippen molar-refractivity contribution < 1.29 is 4.74 Å². The summed E-state index contributed by atoms with van der Waals surface area (Å²) in [4.78, 5) is 4.17. The summed E-state index contributed by atoms with van der Waals surface area (Å²) in [5.41, 5.74) is 12.5. The summed E-state index contributed by atoms with van der Waals surface area (Å²) in [6.07, 6.45) is 3.35. The molecule has 1 aromatic rings. The molecule has 0 amide bonds. The van der Waals surface area contributed by atoms with Gasteiger partial charge in [0.2, 0.25) is 5.79 Å². The third-order valence-electron chi connectivity index (χ3n) is 2.39. The molecule has 1 aromatic carbocycles. The number of nitrogens with zero attached hydrogens (tertiary/aromatic N) is 1. The predicted octanol–water partition coefficient (Wildman–Crippen LogP) is 0.238. The molecule has 2 rings (SSSR count). The number of ether oxygens (including phenoxy) is 1. The molecular weight excluding hydrogens is 204 g/mol. The summed E-state index contributed by atoms with van der Waals surface area (Å²) in [6, 6.07) is 7.36.